The van der Waals surface area contributed by atoms with Crippen molar-refractivity contribution in [3.8, 4) is 0 Å². The second kappa shape index (κ2) is 6.85. The number of hydrogen-bond donors (Lipinski definition) is 2. The number of carbonyl (C=O) groups excluding carboxylic acids is 2. The fraction of sp³-hybridized carbons (Fsp3) is 0.308. The summed E-state index contributed by atoms with van der Waals surface area (Å²) in [7, 11) is 1.37. The van der Waals surface area contributed by atoms with Gasteiger partial charge in [-0.2, -0.15) is 0 Å². The van der Waals surface area contributed by atoms with Crippen molar-refractivity contribution in [3.05, 3.63) is 35.1 Å². The Kier molecular flexibility index (Phi) is 4.89. The fourth-order valence-corrected chi connectivity index (χ4v) is 2.37. The molecule has 0 unspecified atom stereocenters. The highest BCUT2D eigenvalue weighted by molar-refractivity contribution is 7.13. The molecule has 0 aliphatic heterocycles. The number of nitrogens with one attached hydrogen (secondary N) is 2. The van der Waals surface area contributed by atoms with Gasteiger partial charge in [-0.15, -0.1) is 11.3 Å². The minimum atomic E-state index is -0.222. The van der Waals surface area contributed by atoms with Crippen molar-refractivity contribution in [1.29, 1.82) is 0 Å². The lowest BCUT2D eigenvalue weighted by Crippen LogP contribution is -2.12. The van der Waals surface area contributed by atoms with Crippen molar-refractivity contribution < 1.29 is 14.3 Å². The smallest absolute Gasteiger partial charge is 0.305 e. The Morgan fingerprint density at radius 2 is 2.35 bits per heavy atom. The first-order valence-electron chi connectivity index (χ1n) is 6.15. The van der Waals surface area contributed by atoms with E-state index in [-0.39, 0.29) is 11.9 Å². The van der Waals surface area contributed by atoms with Crippen LogP contribution in [0, 0.1) is 0 Å². The maximum atomic E-state index is 11.8. The summed E-state index contributed by atoms with van der Waals surface area (Å²) in [6.07, 6.45) is 3.43. The lowest BCUT2D eigenvalue weighted by Gasteiger charge is -1.99. The maximum absolute atomic E-state index is 11.8. The van der Waals surface area contributed by atoms with Crippen molar-refractivity contribution in [2.45, 2.75) is 19.3 Å². The number of amides is 1. The second-order valence-electron chi connectivity index (χ2n) is 4.11. The molecule has 0 atom stereocenters. The summed E-state index contributed by atoms with van der Waals surface area (Å²) in [6, 6.07) is 3.45. The summed E-state index contributed by atoms with van der Waals surface area (Å²) in [5.74, 6) is -0.439. The molecular formula is C13H15N3O3S. The van der Waals surface area contributed by atoms with Gasteiger partial charge in [0, 0.05) is 18.0 Å². The molecule has 2 heterocycles. The van der Waals surface area contributed by atoms with E-state index >= 15 is 0 Å². The van der Waals surface area contributed by atoms with Crippen LogP contribution < -0.4 is 5.32 Å². The number of ether oxygens (including phenoxy) is 1. The molecule has 2 rings (SSSR count). The van der Waals surface area contributed by atoms with Gasteiger partial charge in [0.05, 0.1) is 12.8 Å². The summed E-state index contributed by atoms with van der Waals surface area (Å²) in [5, 5.41) is 5.15. The molecular weight excluding hydrogens is 278 g/mol. The van der Waals surface area contributed by atoms with Gasteiger partial charge in [0.15, 0.2) is 5.13 Å². The first kappa shape index (κ1) is 14.3. The summed E-state index contributed by atoms with van der Waals surface area (Å²) in [5.41, 5.74) is 1.35. The van der Waals surface area contributed by atoms with E-state index in [4.69, 9.17) is 0 Å². The molecule has 2 N–H and O–H groups in total. The Balaban J connectivity index is 1.83. The van der Waals surface area contributed by atoms with Crippen LogP contribution in [0.25, 0.3) is 0 Å². The number of carbonyl (C=O) groups is 2. The van der Waals surface area contributed by atoms with Crippen LogP contribution in [0.5, 0.6) is 0 Å². The van der Waals surface area contributed by atoms with E-state index < -0.39 is 0 Å². The molecule has 0 saturated carbocycles. The molecule has 2 aromatic rings. The molecule has 2 aromatic heterocycles. The van der Waals surface area contributed by atoms with E-state index in [9.17, 15) is 9.59 Å². The van der Waals surface area contributed by atoms with E-state index in [0.29, 0.717) is 30.1 Å². The van der Waals surface area contributed by atoms with Crippen LogP contribution in [0.3, 0.4) is 0 Å². The number of thiazole rings is 1. The second-order valence-corrected chi connectivity index (χ2v) is 4.97. The molecule has 0 bridgehead atoms. The molecule has 1 amide bonds. The monoisotopic (exact) mass is 293 g/mol. The number of anilines is 1. The minimum absolute atomic E-state index is 0.217. The lowest BCUT2D eigenvalue weighted by molar-refractivity contribution is -0.140. The molecule has 0 aliphatic rings. The van der Waals surface area contributed by atoms with Crippen LogP contribution in [0.1, 0.15) is 29.0 Å². The molecule has 0 aliphatic carbocycles. The lowest BCUT2D eigenvalue weighted by atomic mass is 10.2. The van der Waals surface area contributed by atoms with E-state index in [1.54, 1.807) is 18.3 Å². The van der Waals surface area contributed by atoms with Gasteiger partial charge < -0.3 is 9.72 Å². The van der Waals surface area contributed by atoms with Gasteiger partial charge >= 0.3 is 5.97 Å². The Morgan fingerprint density at radius 3 is 3.05 bits per heavy atom. The topological polar surface area (TPSA) is 84.1 Å². The fourth-order valence-electron chi connectivity index (χ4n) is 1.63. The Morgan fingerprint density at radius 1 is 1.50 bits per heavy atom. The zero-order valence-corrected chi connectivity index (χ0v) is 11.8. The highest BCUT2D eigenvalue weighted by Gasteiger charge is 2.09. The Labute approximate surface area is 120 Å². The van der Waals surface area contributed by atoms with Crippen molar-refractivity contribution in [1.82, 2.24) is 9.97 Å². The average Bonchev–Trinajstić information content (AvgIpc) is 3.10. The number of methoxy groups -OCH3 is 1. The molecule has 20 heavy (non-hydrogen) atoms. The minimum Gasteiger partial charge on any atom is -0.469 e. The van der Waals surface area contributed by atoms with Crippen LogP contribution in [0.15, 0.2) is 23.7 Å². The number of esters is 1. The number of aryl methyl sites for hydroxylation is 1. The van der Waals surface area contributed by atoms with Gasteiger partial charge in [-0.25, -0.2) is 4.98 Å². The van der Waals surface area contributed by atoms with Gasteiger partial charge in [-0.3, -0.25) is 14.9 Å². The quantitative estimate of drug-likeness (QED) is 0.800. The SMILES string of the molecule is COC(=O)CCCc1csc(NC(=O)c2ccc[nH]2)n1. The summed E-state index contributed by atoms with van der Waals surface area (Å²) < 4.78 is 4.57. The van der Waals surface area contributed by atoms with Crippen molar-refractivity contribution >= 4 is 28.3 Å². The maximum Gasteiger partial charge on any atom is 0.305 e. The molecule has 0 spiro atoms. The zero-order valence-electron chi connectivity index (χ0n) is 11.0. The van der Waals surface area contributed by atoms with E-state index in [1.807, 2.05) is 5.38 Å². The number of hydrogen-bond acceptors (Lipinski definition) is 5. The van der Waals surface area contributed by atoms with Crippen molar-refractivity contribution in [3.63, 3.8) is 0 Å². The predicted molar refractivity (Wildman–Crippen MR) is 75.8 cm³/mol. The number of aromatic nitrogens is 2. The molecule has 106 valence electrons. The van der Waals surface area contributed by atoms with Gasteiger partial charge in [-0.1, -0.05) is 0 Å². The Bertz CT molecular complexity index is 577. The van der Waals surface area contributed by atoms with Crippen LogP contribution in [0.4, 0.5) is 5.13 Å². The van der Waals surface area contributed by atoms with Gasteiger partial charge in [0.2, 0.25) is 0 Å². The number of nitrogens with zero attached hydrogens (tertiary/aromatic N) is 1. The summed E-state index contributed by atoms with van der Waals surface area (Å²) in [4.78, 5) is 29.9. The van der Waals surface area contributed by atoms with E-state index in [2.05, 4.69) is 20.0 Å². The first-order chi connectivity index (χ1) is 9.69. The largest absolute Gasteiger partial charge is 0.469 e. The van der Waals surface area contributed by atoms with Crippen LogP contribution in [-0.4, -0.2) is 29.0 Å². The van der Waals surface area contributed by atoms with E-state index in [0.717, 1.165) is 5.69 Å². The van der Waals surface area contributed by atoms with Gasteiger partial charge in [0.1, 0.15) is 5.69 Å². The number of H-pyrrole nitrogens is 1. The molecule has 0 fully saturated rings. The summed E-state index contributed by atoms with van der Waals surface area (Å²) in [6.45, 7) is 0. The van der Waals surface area contributed by atoms with Crippen molar-refractivity contribution in [2.24, 2.45) is 0 Å². The molecule has 7 heteroatoms. The predicted octanol–water partition coefficient (Wildman–Crippen LogP) is 2.22. The average molecular weight is 293 g/mol. The van der Waals surface area contributed by atoms with Crippen LogP contribution in [0.2, 0.25) is 0 Å². The van der Waals surface area contributed by atoms with Crippen LogP contribution in [-0.2, 0) is 16.0 Å². The standard InChI is InChI=1S/C13H15N3O3S/c1-19-11(17)6-2-4-9-8-20-13(15-9)16-12(18)10-5-3-7-14-10/h3,5,7-8,14H,2,4,6H2,1H3,(H,15,16,18). The summed E-state index contributed by atoms with van der Waals surface area (Å²) >= 11 is 1.37. The number of rotatable bonds is 6. The molecule has 0 aromatic carbocycles. The molecule has 6 nitrogen and oxygen atoms in total. The van der Waals surface area contributed by atoms with Gasteiger partial charge in [-0.05, 0) is 25.0 Å². The van der Waals surface area contributed by atoms with Gasteiger partial charge in [0.25, 0.3) is 5.91 Å². The van der Waals surface area contributed by atoms with Crippen LogP contribution >= 0.6 is 11.3 Å². The highest BCUT2D eigenvalue weighted by atomic mass is 32.1. The molecule has 0 radical (unpaired) electrons. The third-order valence-corrected chi connectivity index (χ3v) is 3.46. The highest BCUT2D eigenvalue weighted by Crippen LogP contribution is 2.17. The third kappa shape index (κ3) is 3.92. The Hall–Kier alpha value is -2.15. The third-order valence-electron chi connectivity index (χ3n) is 2.66. The van der Waals surface area contributed by atoms with E-state index in [1.165, 1.54) is 18.4 Å². The number of aromatic amines is 1. The first-order valence-corrected chi connectivity index (χ1v) is 7.03. The molecule has 0 saturated heterocycles. The normalized spacial score (nSPS) is 10.2. The zero-order chi connectivity index (χ0) is 14.4. The van der Waals surface area contributed by atoms with Crippen molar-refractivity contribution in [2.75, 3.05) is 12.4 Å².